The normalized spacial score (nSPS) is 12.9. The van der Waals surface area contributed by atoms with Crippen LogP contribution in [0.2, 0.25) is 5.02 Å². The smallest absolute Gasteiger partial charge is 0.325 e. The number of benzene rings is 1. The molecule has 0 fully saturated rings. The molecule has 0 bridgehead atoms. The highest BCUT2D eigenvalue weighted by Crippen LogP contribution is 2.37. The van der Waals surface area contributed by atoms with Gasteiger partial charge < -0.3 is 5.73 Å². The average Bonchev–Trinajstić information content (AvgIpc) is 2.15. The molecular weight excluding hydrogens is 253 g/mol. The van der Waals surface area contributed by atoms with Gasteiger partial charge in [0.05, 0.1) is 17.1 Å². The van der Waals surface area contributed by atoms with E-state index in [0.717, 1.165) is 0 Å². The second kappa shape index (κ2) is 4.18. The Morgan fingerprint density at radius 2 is 1.69 bits per heavy atom. The van der Waals surface area contributed by atoms with Crippen LogP contribution < -0.4 is 5.73 Å². The van der Waals surface area contributed by atoms with Crippen LogP contribution in [-0.2, 0) is 12.1 Å². The van der Waals surface area contributed by atoms with Crippen LogP contribution in [0.3, 0.4) is 0 Å². The monoisotopic (exact) mass is 259 g/mol. The van der Waals surface area contributed by atoms with Crippen LogP contribution in [0.25, 0.3) is 0 Å². The molecule has 0 saturated heterocycles. The van der Waals surface area contributed by atoms with Crippen molar-refractivity contribution in [3.63, 3.8) is 0 Å². The van der Waals surface area contributed by atoms with Crippen molar-refractivity contribution in [2.45, 2.75) is 12.1 Å². The number of hydrogen-bond acceptors (Lipinski definition) is 1. The minimum Gasteiger partial charge on any atom is -0.325 e. The van der Waals surface area contributed by atoms with Crippen LogP contribution in [0.15, 0.2) is 18.2 Å². The van der Waals surface area contributed by atoms with Crippen LogP contribution in [0.4, 0.5) is 22.0 Å². The molecule has 0 saturated carbocycles. The number of rotatable bonds is 2. The van der Waals surface area contributed by atoms with E-state index in [9.17, 15) is 22.0 Å². The highest BCUT2D eigenvalue weighted by atomic mass is 35.5. The van der Waals surface area contributed by atoms with Crippen molar-refractivity contribution in [3.05, 3.63) is 34.3 Å². The third-order valence-electron chi connectivity index (χ3n) is 1.95. The molecule has 0 spiro atoms. The van der Waals surface area contributed by atoms with Crippen molar-refractivity contribution in [2.24, 2.45) is 5.73 Å². The van der Waals surface area contributed by atoms with Crippen molar-refractivity contribution >= 4 is 11.6 Å². The lowest BCUT2D eigenvalue weighted by atomic mass is 10.1. The van der Waals surface area contributed by atoms with Crippen LogP contribution in [0, 0.1) is 0 Å². The summed E-state index contributed by atoms with van der Waals surface area (Å²) in [5.74, 6) is -3.38. The summed E-state index contributed by atoms with van der Waals surface area (Å²) in [7, 11) is 0. The van der Waals surface area contributed by atoms with Crippen molar-refractivity contribution in [1.82, 2.24) is 0 Å². The van der Waals surface area contributed by atoms with E-state index in [2.05, 4.69) is 0 Å². The summed E-state index contributed by atoms with van der Waals surface area (Å²) in [4.78, 5) is 0. The van der Waals surface area contributed by atoms with Gasteiger partial charge >= 0.3 is 6.18 Å². The molecule has 0 unspecified atom stereocenters. The van der Waals surface area contributed by atoms with Crippen LogP contribution >= 0.6 is 11.6 Å². The molecule has 0 atom stereocenters. The maximum absolute atomic E-state index is 13.0. The van der Waals surface area contributed by atoms with Gasteiger partial charge in [-0.3, -0.25) is 0 Å². The Hall–Kier alpha value is -0.880. The van der Waals surface area contributed by atoms with E-state index in [1.54, 1.807) is 0 Å². The number of nitrogens with two attached hydrogens (primary N) is 1. The highest BCUT2D eigenvalue weighted by Gasteiger charge is 2.36. The molecule has 1 rings (SSSR count). The Morgan fingerprint density at radius 1 is 1.12 bits per heavy atom. The van der Waals surface area contributed by atoms with E-state index < -0.39 is 34.8 Å². The summed E-state index contributed by atoms with van der Waals surface area (Å²) >= 11 is 5.28. The molecular formula is C9H7ClF5N. The fraction of sp³-hybridized carbons (Fsp3) is 0.333. The predicted molar refractivity (Wildman–Crippen MR) is 49.4 cm³/mol. The number of alkyl halides is 5. The Labute approximate surface area is 93.0 Å². The van der Waals surface area contributed by atoms with E-state index in [1.165, 1.54) is 0 Å². The van der Waals surface area contributed by atoms with Gasteiger partial charge in [-0.2, -0.15) is 22.0 Å². The van der Waals surface area contributed by atoms with E-state index in [4.69, 9.17) is 17.3 Å². The van der Waals surface area contributed by atoms with Gasteiger partial charge in [0.1, 0.15) is 0 Å². The molecule has 90 valence electrons. The lowest BCUT2D eigenvalue weighted by molar-refractivity contribution is -0.137. The van der Waals surface area contributed by atoms with Gasteiger partial charge in [-0.05, 0) is 12.1 Å². The number of halogens is 6. The molecule has 7 heteroatoms. The molecule has 0 aromatic heterocycles. The topological polar surface area (TPSA) is 26.0 Å². The van der Waals surface area contributed by atoms with Crippen molar-refractivity contribution in [2.75, 3.05) is 6.54 Å². The lowest BCUT2D eigenvalue weighted by Gasteiger charge is -2.16. The summed E-state index contributed by atoms with van der Waals surface area (Å²) in [6, 6.07) is 1.76. The Kier molecular flexibility index (Phi) is 3.44. The fourth-order valence-electron chi connectivity index (χ4n) is 1.09. The highest BCUT2D eigenvalue weighted by molar-refractivity contribution is 6.31. The summed E-state index contributed by atoms with van der Waals surface area (Å²) in [6.45, 7) is -0.991. The Balaban J connectivity index is 3.20. The average molecular weight is 260 g/mol. The van der Waals surface area contributed by atoms with Crippen LogP contribution in [0.1, 0.15) is 11.1 Å². The third kappa shape index (κ3) is 2.62. The minimum absolute atomic E-state index is 0.515. The molecule has 0 radical (unpaired) electrons. The summed E-state index contributed by atoms with van der Waals surface area (Å²) in [6.07, 6.45) is -4.66. The molecule has 0 amide bonds. The first-order valence-electron chi connectivity index (χ1n) is 4.13. The first kappa shape index (κ1) is 13.2. The van der Waals surface area contributed by atoms with Gasteiger partial charge in [0.25, 0.3) is 5.92 Å². The standard InChI is InChI=1S/C9H7ClF5N/c10-7-3-5(8(11,12)4-16)1-2-6(7)9(13,14)15/h1-3H,4,16H2. The second-order valence-corrected chi connectivity index (χ2v) is 3.51. The van der Waals surface area contributed by atoms with E-state index in [1.807, 2.05) is 0 Å². The zero-order chi connectivity index (χ0) is 12.6. The van der Waals surface area contributed by atoms with Gasteiger partial charge in [0, 0.05) is 5.56 Å². The van der Waals surface area contributed by atoms with Crippen molar-refractivity contribution < 1.29 is 22.0 Å². The molecule has 0 aliphatic heterocycles. The molecule has 1 aromatic carbocycles. The van der Waals surface area contributed by atoms with E-state index >= 15 is 0 Å². The van der Waals surface area contributed by atoms with Crippen molar-refractivity contribution in [1.29, 1.82) is 0 Å². The molecule has 0 aliphatic rings. The van der Waals surface area contributed by atoms with E-state index in [0.29, 0.717) is 18.2 Å². The fourth-order valence-corrected chi connectivity index (χ4v) is 1.38. The zero-order valence-electron chi connectivity index (χ0n) is 7.78. The van der Waals surface area contributed by atoms with E-state index in [-0.39, 0.29) is 0 Å². The molecule has 0 heterocycles. The molecule has 0 aliphatic carbocycles. The quantitative estimate of drug-likeness (QED) is 0.810. The summed E-state index contributed by atoms with van der Waals surface area (Å²) in [5.41, 5.74) is 3.02. The van der Waals surface area contributed by atoms with Gasteiger partial charge in [0.2, 0.25) is 0 Å². The van der Waals surface area contributed by atoms with Crippen molar-refractivity contribution in [3.8, 4) is 0 Å². The number of hydrogen-bond donors (Lipinski definition) is 1. The summed E-state index contributed by atoms with van der Waals surface area (Å²) in [5, 5.41) is -0.766. The van der Waals surface area contributed by atoms with Gasteiger partial charge in [-0.25, -0.2) is 0 Å². The molecule has 16 heavy (non-hydrogen) atoms. The zero-order valence-corrected chi connectivity index (χ0v) is 8.54. The summed E-state index contributed by atoms with van der Waals surface area (Å²) < 4.78 is 62.8. The molecule has 1 aromatic rings. The largest absolute Gasteiger partial charge is 0.417 e. The maximum Gasteiger partial charge on any atom is 0.417 e. The first-order chi connectivity index (χ1) is 7.18. The lowest BCUT2D eigenvalue weighted by Crippen LogP contribution is -2.25. The van der Waals surface area contributed by atoms with Crippen LogP contribution in [-0.4, -0.2) is 6.54 Å². The SMILES string of the molecule is NCC(F)(F)c1ccc(C(F)(F)F)c(Cl)c1. The first-order valence-corrected chi connectivity index (χ1v) is 4.51. The minimum atomic E-state index is -4.66. The maximum atomic E-state index is 13.0. The second-order valence-electron chi connectivity index (χ2n) is 3.10. The predicted octanol–water partition coefficient (Wildman–Crippen LogP) is 3.41. The molecule has 2 N–H and O–H groups in total. The van der Waals surface area contributed by atoms with Crippen LogP contribution in [0.5, 0.6) is 0 Å². The van der Waals surface area contributed by atoms with Gasteiger partial charge in [-0.15, -0.1) is 0 Å². The van der Waals surface area contributed by atoms with Gasteiger partial charge in [-0.1, -0.05) is 17.7 Å². The Morgan fingerprint density at radius 3 is 2.06 bits per heavy atom. The van der Waals surface area contributed by atoms with Gasteiger partial charge in [0.15, 0.2) is 0 Å². The molecule has 1 nitrogen and oxygen atoms in total. The third-order valence-corrected chi connectivity index (χ3v) is 2.27. The Bertz CT molecular complexity index is 388.